The number of hydrogen-bond donors (Lipinski definition) is 1. The van der Waals surface area contributed by atoms with Crippen LogP contribution in [0.1, 0.15) is 28.9 Å². The third-order valence-electron chi connectivity index (χ3n) is 3.06. The molecule has 1 aliphatic rings. The van der Waals surface area contributed by atoms with Gasteiger partial charge in [0.1, 0.15) is 5.75 Å². The number of ether oxygens (including phenoxy) is 1. The molecule has 2 unspecified atom stereocenters. The Morgan fingerprint density at radius 3 is 3.06 bits per heavy atom. The third-order valence-corrected chi connectivity index (χ3v) is 4.37. The lowest BCUT2D eigenvalue weighted by atomic mass is 10.1. The minimum atomic E-state index is -0.0173. The van der Waals surface area contributed by atoms with E-state index in [0.717, 1.165) is 31.6 Å². The van der Waals surface area contributed by atoms with Gasteiger partial charge in [-0.15, -0.1) is 22.9 Å². The van der Waals surface area contributed by atoms with Gasteiger partial charge in [0, 0.05) is 23.4 Å². The van der Waals surface area contributed by atoms with Crippen LogP contribution in [0.5, 0.6) is 5.75 Å². The number of alkyl halides is 1. The van der Waals surface area contributed by atoms with Crippen molar-refractivity contribution in [3.8, 4) is 5.75 Å². The molecule has 0 aromatic carbocycles. The lowest BCUT2D eigenvalue weighted by Gasteiger charge is -2.09. The molecule has 0 bridgehead atoms. The van der Waals surface area contributed by atoms with Gasteiger partial charge in [0.05, 0.1) is 12.0 Å². The number of thiophene rings is 1. The molecule has 3 nitrogen and oxygen atoms in total. The lowest BCUT2D eigenvalue weighted by molar-refractivity contribution is 0.0951. The number of hydrogen-bond acceptors (Lipinski definition) is 3. The SMILES string of the molecule is COc1csc(C(=O)NCC2CCC(Cl)C2)c1. The van der Waals surface area contributed by atoms with E-state index < -0.39 is 0 Å². The van der Waals surface area contributed by atoms with Crippen LogP contribution < -0.4 is 10.1 Å². The van der Waals surface area contributed by atoms with E-state index >= 15 is 0 Å². The van der Waals surface area contributed by atoms with Crippen molar-refractivity contribution in [3.63, 3.8) is 0 Å². The molecule has 5 heteroatoms. The van der Waals surface area contributed by atoms with Gasteiger partial charge in [-0.2, -0.15) is 0 Å². The lowest BCUT2D eigenvalue weighted by Crippen LogP contribution is -2.27. The summed E-state index contributed by atoms with van der Waals surface area (Å²) in [6, 6.07) is 1.76. The maximum atomic E-state index is 11.8. The Labute approximate surface area is 110 Å². The van der Waals surface area contributed by atoms with E-state index in [-0.39, 0.29) is 5.91 Å². The predicted octanol–water partition coefficient (Wildman–Crippen LogP) is 2.89. The second kappa shape index (κ2) is 5.74. The van der Waals surface area contributed by atoms with Gasteiger partial charge in [-0.25, -0.2) is 0 Å². The van der Waals surface area contributed by atoms with Crippen molar-refractivity contribution in [3.05, 3.63) is 16.3 Å². The molecule has 1 heterocycles. The number of rotatable bonds is 4. The van der Waals surface area contributed by atoms with Crippen molar-refractivity contribution in [1.82, 2.24) is 5.32 Å². The van der Waals surface area contributed by atoms with Crippen LogP contribution in [0.15, 0.2) is 11.4 Å². The van der Waals surface area contributed by atoms with Crippen molar-refractivity contribution in [2.45, 2.75) is 24.6 Å². The van der Waals surface area contributed by atoms with E-state index in [2.05, 4.69) is 5.32 Å². The Morgan fingerprint density at radius 2 is 2.47 bits per heavy atom. The maximum absolute atomic E-state index is 11.8. The number of amides is 1. The van der Waals surface area contributed by atoms with E-state index in [1.165, 1.54) is 11.3 Å². The summed E-state index contributed by atoms with van der Waals surface area (Å²) in [4.78, 5) is 12.5. The Kier molecular flexibility index (Phi) is 4.29. The first-order chi connectivity index (χ1) is 8.19. The van der Waals surface area contributed by atoms with E-state index in [0.29, 0.717) is 16.2 Å². The van der Waals surface area contributed by atoms with Gasteiger partial charge in [-0.3, -0.25) is 4.79 Å². The van der Waals surface area contributed by atoms with Crippen LogP contribution in [-0.4, -0.2) is 24.9 Å². The average Bonchev–Trinajstić information content (AvgIpc) is 2.94. The topological polar surface area (TPSA) is 38.3 Å². The molecule has 1 aliphatic carbocycles. The molecule has 2 atom stereocenters. The van der Waals surface area contributed by atoms with Crippen molar-refractivity contribution < 1.29 is 9.53 Å². The summed E-state index contributed by atoms with van der Waals surface area (Å²) >= 11 is 7.44. The van der Waals surface area contributed by atoms with Gasteiger partial charge in [0.25, 0.3) is 5.91 Å². The Bertz CT molecular complexity index is 394. The maximum Gasteiger partial charge on any atom is 0.261 e. The minimum Gasteiger partial charge on any atom is -0.496 e. The number of carbonyl (C=O) groups excluding carboxylic acids is 1. The average molecular weight is 274 g/mol. The minimum absolute atomic E-state index is 0.0173. The van der Waals surface area contributed by atoms with Gasteiger partial charge in [0.15, 0.2) is 0 Å². The standard InChI is InChI=1S/C12H16ClNO2S/c1-16-10-5-11(17-7-10)12(15)14-6-8-2-3-9(13)4-8/h5,7-9H,2-4,6H2,1H3,(H,14,15). The van der Waals surface area contributed by atoms with Gasteiger partial charge in [0.2, 0.25) is 0 Å². The highest BCUT2D eigenvalue weighted by Gasteiger charge is 2.23. The third kappa shape index (κ3) is 3.36. The number of halogens is 1. The van der Waals surface area contributed by atoms with Crippen LogP contribution in [0.4, 0.5) is 0 Å². The van der Waals surface area contributed by atoms with E-state index in [4.69, 9.17) is 16.3 Å². The highest BCUT2D eigenvalue weighted by atomic mass is 35.5. The summed E-state index contributed by atoms with van der Waals surface area (Å²) in [5.41, 5.74) is 0. The first-order valence-corrected chi connectivity index (χ1v) is 7.05. The van der Waals surface area contributed by atoms with Crippen LogP contribution >= 0.6 is 22.9 Å². The molecule has 0 saturated heterocycles. The van der Waals surface area contributed by atoms with Crippen molar-refractivity contribution >= 4 is 28.8 Å². The highest BCUT2D eigenvalue weighted by molar-refractivity contribution is 7.12. The zero-order valence-electron chi connectivity index (χ0n) is 9.74. The summed E-state index contributed by atoms with van der Waals surface area (Å²) in [5.74, 6) is 1.25. The summed E-state index contributed by atoms with van der Waals surface area (Å²) in [7, 11) is 1.60. The van der Waals surface area contributed by atoms with E-state index in [9.17, 15) is 4.79 Å². The second-order valence-corrected chi connectivity index (χ2v) is 5.87. The largest absolute Gasteiger partial charge is 0.496 e. The Hall–Kier alpha value is -0.740. The van der Waals surface area contributed by atoms with E-state index in [1.807, 2.05) is 5.38 Å². The number of nitrogens with one attached hydrogen (secondary N) is 1. The van der Waals surface area contributed by atoms with Crippen molar-refractivity contribution in [2.24, 2.45) is 5.92 Å². The smallest absolute Gasteiger partial charge is 0.261 e. The fraction of sp³-hybridized carbons (Fsp3) is 0.583. The van der Waals surface area contributed by atoms with E-state index in [1.54, 1.807) is 13.2 Å². The van der Waals surface area contributed by atoms with Gasteiger partial charge < -0.3 is 10.1 Å². The molecule has 0 spiro atoms. The number of carbonyl (C=O) groups is 1. The van der Waals surface area contributed by atoms with Crippen LogP contribution in [0, 0.1) is 5.92 Å². The Morgan fingerprint density at radius 1 is 1.65 bits per heavy atom. The van der Waals surface area contributed by atoms with Crippen LogP contribution in [0.3, 0.4) is 0 Å². The van der Waals surface area contributed by atoms with Gasteiger partial charge in [-0.1, -0.05) is 0 Å². The second-order valence-electron chi connectivity index (χ2n) is 4.34. The van der Waals surface area contributed by atoms with Crippen molar-refractivity contribution in [2.75, 3.05) is 13.7 Å². The van der Waals surface area contributed by atoms with Gasteiger partial charge >= 0.3 is 0 Å². The molecule has 1 aromatic rings. The zero-order valence-corrected chi connectivity index (χ0v) is 11.3. The normalized spacial score (nSPS) is 23.6. The molecule has 1 fully saturated rings. The highest BCUT2D eigenvalue weighted by Crippen LogP contribution is 2.29. The first kappa shape index (κ1) is 12.7. The molecule has 1 aromatic heterocycles. The molecule has 94 valence electrons. The fourth-order valence-corrected chi connectivity index (χ4v) is 3.22. The molecule has 1 amide bonds. The molecule has 1 saturated carbocycles. The molecule has 1 N–H and O–H groups in total. The monoisotopic (exact) mass is 273 g/mol. The summed E-state index contributed by atoms with van der Waals surface area (Å²) in [6.45, 7) is 0.724. The summed E-state index contributed by atoms with van der Waals surface area (Å²) in [5, 5.41) is 5.08. The molecular formula is C12H16ClNO2S. The quantitative estimate of drug-likeness (QED) is 0.857. The van der Waals surface area contributed by atoms with Crippen LogP contribution in [0.2, 0.25) is 0 Å². The van der Waals surface area contributed by atoms with Crippen molar-refractivity contribution in [1.29, 1.82) is 0 Å². The predicted molar refractivity (Wildman–Crippen MR) is 70.2 cm³/mol. The van der Waals surface area contributed by atoms with Crippen LogP contribution in [-0.2, 0) is 0 Å². The molecule has 0 aliphatic heterocycles. The first-order valence-electron chi connectivity index (χ1n) is 5.74. The molecule has 17 heavy (non-hydrogen) atoms. The zero-order chi connectivity index (χ0) is 12.3. The summed E-state index contributed by atoms with van der Waals surface area (Å²) < 4.78 is 5.05. The van der Waals surface area contributed by atoms with Crippen LogP contribution in [0.25, 0.3) is 0 Å². The van der Waals surface area contributed by atoms with Gasteiger partial charge in [-0.05, 0) is 25.2 Å². The summed E-state index contributed by atoms with van der Waals surface area (Å²) in [6.07, 6.45) is 3.19. The molecule has 0 radical (unpaired) electrons. The molecule has 2 rings (SSSR count). The molecular weight excluding hydrogens is 258 g/mol. The Balaban J connectivity index is 1.81. The number of methoxy groups -OCH3 is 1. The fourth-order valence-electron chi connectivity index (χ4n) is 2.07.